The van der Waals surface area contributed by atoms with Gasteiger partial charge in [0.25, 0.3) is 0 Å². The van der Waals surface area contributed by atoms with Crippen molar-refractivity contribution in [3.05, 3.63) is 108 Å². The number of carbonyl (C=O) groups excluding carboxylic acids is 2. The molecule has 0 saturated carbocycles. The molecule has 4 unspecified atom stereocenters. The van der Waals surface area contributed by atoms with Crippen LogP contribution in [0.4, 0.5) is 4.79 Å². The molecule has 0 aliphatic heterocycles. The second kappa shape index (κ2) is 12.2. The number of benzene rings is 3. The van der Waals surface area contributed by atoms with Gasteiger partial charge in [-0.2, -0.15) is 0 Å². The molecule has 4 atom stereocenters. The molecular weight excluding hydrogens is 508 g/mol. The molecule has 0 saturated heterocycles. The van der Waals surface area contributed by atoms with Crippen molar-refractivity contribution >= 4 is 18.0 Å². The molecule has 8 heteroatoms. The number of rotatable bonds is 10. The van der Waals surface area contributed by atoms with Gasteiger partial charge in [0.1, 0.15) is 6.61 Å². The first kappa shape index (κ1) is 27.1. The fourth-order valence-corrected chi connectivity index (χ4v) is 5.33. The van der Waals surface area contributed by atoms with E-state index < -0.39 is 42.1 Å². The third-order valence-electron chi connectivity index (χ3n) is 7.46. The van der Waals surface area contributed by atoms with Crippen molar-refractivity contribution in [3.8, 4) is 11.1 Å². The van der Waals surface area contributed by atoms with Crippen molar-refractivity contribution in [2.75, 3.05) is 6.61 Å². The number of amides is 2. The highest BCUT2D eigenvalue weighted by Gasteiger charge is 2.33. The lowest BCUT2D eigenvalue weighted by atomic mass is 9.98. The number of nitrogens with one attached hydrogen (secondary N) is 2. The van der Waals surface area contributed by atoms with E-state index in [1.165, 1.54) is 0 Å². The summed E-state index contributed by atoms with van der Waals surface area (Å²) in [5.74, 6) is -2.24. The molecule has 3 aromatic carbocycles. The van der Waals surface area contributed by atoms with E-state index in [0.717, 1.165) is 27.8 Å². The van der Waals surface area contributed by atoms with Gasteiger partial charge in [-0.15, -0.1) is 0 Å². The quantitative estimate of drug-likeness (QED) is 0.323. The zero-order valence-electron chi connectivity index (χ0n) is 22.2. The topological polar surface area (TPSA) is 114 Å². The standard InChI is InChI=1S/C32H32N2O6/c1-20(39-18-21-9-3-2-4-10-21)29(31(36)37)34-30(35)22-15-16-23(17-22)33-32(38)40-19-28-26-13-7-5-11-24(26)25-12-6-8-14-27(25)28/h2-16,20,22-23,28-29H,17-19H2,1H3,(H,33,38)(H,34,35)(H,36,37). The van der Waals surface area contributed by atoms with E-state index in [2.05, 4.69) is 34.9 Å². The maximum absolute atomic E-state index is 12.9. The lowest BCUT2D eigenvalue weighted by Gasteiger charge is -2.23. The summed E-state index contributed by atoms with van der Waals surface area (Å²) in [7, 11) is 0. The monoisotopic (exact) mass is 540 g/mol. The van der Waals surface area contributed by atoms with Crippen LogP contribution in [0.5, 0.6) is 0 Å². The summed E-state index contributed by atoms with van der Waals surface area (Å²) in [6.07, 6.45) is 2.40. The van der Waals surface area contributed by atoms with E-state index in [0.29, 0.717) is 6.42 Å². The molecule has 8 nitrogen and oxygen atoms in total. The molecule has 2 aliphatic carbocycles. The van der Waals surface area contributed by atoms with Crippen molar-refractivity contribution in [3.63, 3.8) is 0 Å². The van der Waals surface area contributed by atoms with Crippen molar-refractivity contribution < 1.29 is 29.0 Å². The Kier molecular flexibility index (Phi) is 8.26. The van der Waals surface area contributed by atoms with Crippen LogP contribution in [0, 0.1) is 5.92 Å². The molecule has 3 aromatic rings. The fourth-order valence-electron chi connectivity index (χ4n) is 5.33. The van der Waals surface area contributed by atoms with Crippen LogP contribution in [-0.4, -0.2) is 47.9 Å². The molecule has 0 radical (unpaired) electrons. The lowest BCUT2D eigenvalue weighted by Crippen LogP contribution is -2.50. The summed E-state index contributed by atoms with van der Waals surface area (Å²) in [5, 5.41) is 15.1. The smallest absolute Gasteiger partial charge is 0.407 e. The molecule has 0 fully saturated rings. The third-order valence-corrected chi connectivity index (χ3v) is 7.46. The molecule has 2 aliphatic rings. The van der Waals surface area contributed by atoms with Crippen LogP contribution < -0.4 is 10.6 Å². The number of aliphatic carboxylic acids is 1. The first-order chi connectivity index (χ1) is 19.4. The highest BCUT2D eigenvalue weighted by atomic mass is 16.5. The van der Waals surface area contributed by atoms with E-state index >= 15 is 0 Å². The maximum atomic E-state index is 12.9. The average Bonchev–Trinajstić information content (AvgIpc) is 3.56. The zero-order valence-corrected chi connectivity index (χ0v) is 22.2. The fraction of sp³-hybridized carbons (Fsp3) is 0.281. The Balaban J connectivity index is 1.10. The number of hydrogen-bond donors (Lipinski definition) is 3. The van der Waals surface area contributed by atoms with Crippen LogP contribution in [0.1, 0.15) is 36.0 Å². The summed E-state index contributed by atoms with van der Waals surface area (Å²) < 4.78 is 11.3. The number of alkyl carbamates (subject to hydrolysis) is 1. The SMILES string of the molecule is CC(OCc1ccccc1)C(NC(=O)C1C=CC(NC(=O)OCC2c3ccccc3-c3ccccc32)C1)C(=O)O. The van der Waals surface area contributed by atoms with E-state index in [1.54, 1.807) is 19.1 Å². The largest absolute Gasteiger partial charge is 0.480 e. The molecule has 0 spiro atoms. The van der Waals surface area contributed by atoms with Crippen molar-refractivity contribution in [1.82, 2.24) is 10.6 Å². The van der Waals surface area contributed by atoms with Gasteiger partial charge in [0.15, 0.2) is 6.04 Å². The minimum atomic E-state index is -1.21. The maximum Gasteiger partial charge on any atom is 0.407 e. The van der Waals surface area contributed by atoms with E-state index in [1.807, 2.05) is 54.6 Å². The van der Waals surface area contributed by atoms with Crippen molar-refractivity contribution in [1.29, 1.82) is 0 Å². The molecule has 0 heterocycles. The van der Waals surface area contributed by atoms with E-state index in [9.17, 15) is 19.5 Å². The predicted molar refractivity (Wildman–Crippen MR) is 149 cm³/mol. The minimum Gasteiger partial charge on any atom is -0.480 e. The van der Waals surface area contributed by atoms with Gasteiger partial charge >= 0.3 is 12.1 Å². The Hall–Kier alpha value is -4.43. The molecular formula is C32H32N2O6. The van der Waals surface area contributed by atoms with Gasteiger partial charge in [-0.1, -0.05) is 91.0 Å². The van der Waals surface area contributed by atoms with Gasteiger partial charge in [-0.3, -0.25) is 4.79 Å². The number of ether oxygens (including phenoxy) is 2. The first-order valence-corrected chi connectivity index (χ1v) is 13.4. The van der Waals surface area contributed by atoms with Crippen LogP contribution in [0.2, 0.25) is 0 Å². The molecule has 5 rings (SSSR count). The van der Waals surface area contributed by atoms with Crippen LogP contribution in [-0.2, 0) is 25.7 Å². The van der Waals surface area contributed by atoms with Crippen LogP contribution in [0.3, 0.4) is 0 Å². The van der Waals surface area contributed by atoms with E-state index in [-0.39, 0.29) is 19.1 Å². The number of carboxylic acids is 1. The summed E-state index contributed by atoms with van der Waals surface area (Å²) >= 11 is 0. The summed E-state index contributed by atoms with van der Waals surface area (Å²) in [6.45, 7) is 2.05. The molecule has 3 N–H and O–H groups in total. The van der Waals surface area contributed by atoms with Gasteiger partial charge in [0, 0.05) is 5.92 Å². The lowest BCUT2D eigenvalue weighted by molar-refractivity contribution is -0.147. The molecule has 0 aromatic heterocycles. The number of carbonyl (C=O) groups is 3. The first-order valence-electron chi connectivity index (χ1n) is 13.4. The Morgan fingerprint density at radius 1 is 0.900 bits per heavy atom. The highest BCUT2D eigenvalue weighted by molar-refractivity contribution is 5.87. The van der Waals surface area contributed by atoms with Gasteiger partial charge in [0.2, 0.25) is 5.91 Å². The number of fused-ring (bicyclic) bond motifs is 3. The zero-order chi connectivity index (χ0) is 28.1. The van der Waals surface area contributed by atoms with Crippen LogP contribution in [0.15, 0.2) is 91.0 Å². The molecule has 40 heavy (non-hydrogen) atoms. The Labute approximate surface area is 233 Å². The van der Waals surface area contributed by atoms with Crippen molar-refractivity contribution in [2.24, 2.45) is 5.92 Å². The Morgan fingerprint density at radius 2 is 1.52 bits per heavy atom. The summed E-state index contributed by atoms with van der Waals surface area (Å²) in [6, 6.07) is 24.0. The van der Waals surface area contributed by atoms with Crippen LogP contribution in [0.25, 0.3) is 11.1 Å². The Bertz CT molecular complexity index is 1360. The second-order valence-corrected chi connectivity index (χ2v) is 10.1. The molecule has 2 amide bonds. The molecule has 206 valence electrons. The van der Waals surface area contributed by atoms with Gasteiger partial charge in [-0.25, -0.2) is 9.59 Å². The van der Waals surface area contributed by atoms with Crippen LogP contribution >= 0.6 is 0 Å². The van der Waals surface area contributed by atoms with Crippen molar-refractivity contribution in [2.45, 2.75) is 44.1 Å². The normalized spacial score (nSPS) is 18.8. The highest BCUT2D eigenvalue weighted by Crippen LogP contribution is 2.44. The van der Waals surface area contributed by atoms with Gasteiger partial charge < -0.3 is 25.2 Å². The number of carboxylic acid groups (broad SMARTS) is 1. The van der Waals surface area contributed by atoms with Gasteiger partial charge in [0.05, 0.1) is 24.7 Å². The van der Waals surface area contributed by atoms with E-state index in [4.69, 9.17) is 9.47 Å². The third kappa shape index (κ3) is 6.07. The molecule has 0 bridgehead atoms. The minimum absolute atomic E-state index is 0.0464. The van der Waals surface area contributed by atoms with Gasteiger partial charge in [-0.05, 0) is 41.2 Å². The number of hydrogen-bond acceptors (Lipinski definition) is 5. The predicted octanol–water partition coefficient (Wildman–Crippen LogP) is 4.64. The summed E-state index contributed by atoms with van der Waals surface area (Å²) in [5.41, 5.74) is 5.47. The Morgan fingerprint density at radius 3 is 2.17 bits per heavy atom. The second-order valence-electron chi connectivity index (χ2n) is 10.1. The summed E-state index contributed by atoms with van der Waals surface area (Å²) in [4.78, 5) is 37.4. The average molecular weight is 541 g/mol.